The smallest absolute Gasteiger partial charge is 0.0577 e. The summed E-state index contributed by atoms with van der Waals surface area (Å²) in [5, 5.41) is 10.1. The van der Waals surface area contributed by atoms with Crippen molar-refractivity contribution < 1.29 is 5.11 Å². The third-order valence-electron chi connectivity index (χ3n) is 5.04. The molecule has 0 heterocycles. The van der Waals surface area contributed by atoms with E-state index in [1.165, 1.54) is 12.0 Å². The minimum atomic E-state index is -0.119. The molecule has 2 rings (SSSR count). The molecule has 16 heavy (non-hydrogen) atoms. The predicted octanol–water partition coefficient (Wildman–Crippen LogP) is 3.70. The highest BCUT2D eigenvalue weighted by Crippen LogP contribution is 2.52. The van der Waals surface area contributed by atoms with Gasteiger partial charge in [0.15, 0.2) is 0 Å². The van der Waals surface area contributed by atoms with Crippen LogP contribution in [0.5, 0.6) is 0 Å². The molecule has 0 aromatic carbocycles. The summed E-state index contributed by atoms with van der Waals surface area (Å²) in [6.07, 6.45) is 6.66. The van der Waals surface area contributed by atoms with Crippen molar-refractivity contribution in [1.82, 2.24) is 0 Å². The van der Waals surface area contributed by atoms with Crippen LogP contribution < -0.4 is 0 Å². The molecule has 90 valence electrons. The van der Waals surface area contributed by atoms with Gasteiger partial charge in [-0.25, -0.2) is 0 Å². The van der Waals surface area contributed by atoms with Gasteiger partial charge in [-0.05, 0) is 49.9 Å². The number of hydrogen-bond donors (Lipinski definition) is 1. The lowest BCUT2D eigenvalue weighted by molar-refractivity contribution is 0.0109. The van der Waals surface area contributed by atoms with Crippen molar-refractivity contribution in [2.45, 2.75) is 52.6 Å². The highest BCUT2D eigenvalue weighted by atomic mass is 16.3. The molecular weight excluding hydrogens is 196 g/mol. The second kappa shape index (κ2) is 4.03. The normalized spacial score (nSPS) is 43.5. The maximum Gasteiger partial charge on any atom is 0.0577 e. The average Bonchev–Trinajstić information content (AvgIpc) is 2.24. The van der Waals surface area contributed by atoms with Crippen LogP contribution in [0.15, 0.2) is 23.8 Å². The molecule has 1 nitrogen and oxygen atoms in total. The molecule has 0 aromatic heterocycles. The molecule has 0 aromatic rings. The van der Waals surface area contributed by atoms with E-state index in [-0.39, 0.29) is 11.5 Å². The number of hydrogen-bond acceptors (Lipinski definition) is 1. The molecule has 1 heteroatoms. The Hall–Kier alpha value is -0.560. The van der Waals surface area contributed by atoms with E-state index in [9.17, 15) is 5.11 Å². The van der Waals surface area contributed by atoms with Crippen molar-refractivity contribution in [2.75, 3.05) is 0 Å². The highest BCUT2D eigenvalue weighted by molar-refractivity contribution is 5.24. The number of aliphatic hydroxyl groups is 1. The molecule has 4 atom stereocenters. The Balaban J connectivity index is 2.29. The van der Waals surface area contributed by atoms with Gasteiger partial charge in [0, 0.05) is 0 Å². The number of aliphatic hydroxyl groups excluding tert-OH is 1. The van der Waals surface area contributed by atoms with Crippen molar-refractivity contribution in [3.8, 4) is 0 Å². The summed E-state index contributed by atoms with van der Waals surface area (Å²) in [4.78, 5) is 0. The number of rotatable bonds is 1. The lowest BCUT2D eigenvalue weighted by atomic mass is 9.57. The summed E-state index contributed by atoms with van der Waals surface area (Å²) >= 11 is 0. The Morgan fingerprint density at radius 2 is 2.25 bits per heavy atom. The Labute approximate surface area is 99.3 Å². The predicted molar refractivity (Wildman–Crippen MR) is 68.1 cm³/mol. The minimum Gasteiger partial charge on any atom is -0.393 e. The second-order valence-corrected chi connectivity index (χ2v) is 6.02. The van der Waals surface area contributed by atoms with Crippen LogP contribution in [0.25, 0.3) is 0 Å². The van der Waals surface area contributed by atoms with Gasteiger partial charge in [-0.2, -0.15) is 0 Å². The fourth-order valence-electron chi connectivity index (χ4n) is 3.46. The molecule has 0 saturated heterocycles. The third kappa shape index (κ3) is 1.75. The Morgan fingerprint density at radius 1 is 1.56 bits per heavy atom. The van der Waals surface area contributed by atoms with Crippen molar-refractivity contribution in [3.63, 3.8) is 0 Å². The fraction of sp³-hybridized carbons (Fsp3) is 0.733. The van der Waals surface area contributed by atoms with Crippen LogP contribution in [0.1, 0.15) is 46.5 Å². The van der Waals surface area contributed by atoms with Gasteiger partial charge in [0.25, 0.3) is 0 Å². The first-order chi connectivity index (χ1) is 7.45. The van der Waals surface area contributed by atoms with Gasteiger partial charge in [0.1, 0.15) is 0 Å². The topological polar surface area (TPSA) is 20.2 Å². The average molecular weight is 220 g/mol. The standard InChI is InChI=1S/C15H24O/c1-10(2)12-5-6-13-7-8-14(16)11(3)15(13,4)9-12/h6,11-12,14,16H,1,5,7-9H2,2-4H3/t11-,12+,14-,15+/m0/s1. The van der Waals surface area contributed by atoms with Crippen LogP contribution in [-0.2, 0) is 0 Å². The molecule has 1 N–H and O–H groups in total. The van der Waals surface area contributed by atoms with E-state index in [2.05, 4.69) is 33.4 Å². The molecule has 0 spiro atoms. The zero-order chi connectivity index (χ0) is 11.9. The van der Waals surface area contributed by atoms with Crippen molar-refractivity contribution in [1.29, 1.82) is 0 Å². The zero-order valence-corrected chi connectivity index (χ0v) is 10.8. The van der Waals surface area contributed by atoms with E-state index < -0.39 is 0 Å². The molecular formula is C15H24O. The van der Waals surface area contributed by atoms with Crippen LogP contribution >= 0.6 is 0 Å². The van der Waals surface area contributed by atoms with Crippen LogP contribution in [-0.4, -0.2) is 11.2 Å². The van der Waals surface area contributed by atoms with Gasteiger partial charge in [-0.1, -0.05) is 37.6 Å². The first kappa shape index (κ1) is 11.9. The van der Waals surface area contributed by atoms with E-state index in [4.69, 9.17) is 0 Å². The van der Waals surface area contributed by atoms with Crippen LogP contribution in [0.3, 0.4) is 0 Å². The quantitative estimate of drug-likeness (QED) is 0.668. The second-order valence-electron chi connectivity index (χ2n) is 6.02. The first-order valence-corrected chi connectivity index (χ1v) is 6.48. The molecule has 2 aliphatic rings. The Kier molecular flexibility index (Phi) is 3.00. The lowest BCUT2D eigenvalue weighted by Gasteiger charge is -2.49. The molecule has 0 amide bonds. The summed E-state index contributed by atoms with van der Waals surface area (Å²) in [6, 6.07) is 0. The summed E-state index contributed by atoms with van der Waals surface area (Å²) in [5.41, 5.74) is 3.09. The summed E-state index contributed by atoms with van der Waals surface area (Å²) < 4.78 is 0. The van der Waals surface area contributed by atoms with E-state index in [0.717, 1.165) is 19.3 Å². The maximum absolute atomic E-state index is 10.1. The van der Waals surface area contributed by atoms with Crippen molar-refractivity contribution >= 4 is 0 Å². The van der Waals surface area contributed by atoms with Crippen LogP contribution in [0, 0.1) is 17.3 Å². The van der Waals surface area contributed by atoms with Gasteiger partial charge in [-0.15, -0.1) is 0 Å². The largest absolute Gasteiger partial charge is 0.393 e. The number of allylic oxidation sites excluding steroid dienone is 3. The summed E-state index contributed by atoms with van der Waals surface area (Å²) in [6.45, 7) is 10.8. The summed E-state index contributed by atoms with van der Waals surface area (Å²) in [5.74, 6) is 0.996. The molecule has 1 saturated carbocycles. The van der Waals surface area contributed by atoms with Crippen molar-refractivity contribution in [2.24, 2.45) is 17.3 Å². The van der Waals surface area contributed by atoms with Gasteiger partial charge in [0.05, 0.1) is 6.10 Å². The van der Waals surface area contributed by atoms with Gasteiger partial charge in [0.2, 0.25) is 0 Å². The minimum absolute atomic E-state index is 0.119. The highest BCUT2D eigenvalue weighted by Gasteiger charge is 2.44. The SMILES string of the molecule is C=C(C)[C@@H]1CC=C2CC[C@H](O)[C@H](C)[C@@]2(C)C1. The van der Waals surface area contributed by atoms with E-state index in [1.54, 1.807) is 5.57 Å². The Bertz CT molecular complexity index is 328. The molecule has 2 aliphatic carbocycles. The molecule has 0 unspecified atom stereocenters. The molecule has 0 radical (unpaired) electrons. The van der Waals surface area contributed by atoms with Crippen LogP contribution in [0.2, 0.25) is 0 Å². The maximum atomic E-state index is 10.1. The zero-order valence-electron chi connectivity index (χ0n) is 10.8. The third-order valence-corrected chi connectivity index (χ3v) is 5.04. The monoisotopic (exact) mass is 220 g/mol. The lowest BCUT2D eigenvalue weighted by Crippen LogP contribution is -2.43. The van der Waals surface area contributed by atoms with E-state index >= 15 is 0 Å². The molecule has 1 fully saturated rings. The molecule has 0 bridgehead atoms. The van der Waals surface area contributed by atoms with Crippen molar-refractivity contribution in [3.05, 3.63) is 23.8 Å². The molecule has 0 aliphatic heterocycles. The Morgan fingerprint density at radius 3 is 2.88 bits per heavy atom. The van der Waals surface area contributed by atoms with E-state index in [0.29, 0.717) is 11.8 Å². The fourth-order valence-corrected chi connectivity index (χ4v) is 3.46. The van der Waals surface area contributed by atoms with Crippen LogP contribution in [0.4, 0.5) is 0 Å². The van der Waals surface area contributed by atoms with Gasteiger partial charge < -0.3 is 5.11 Å². The van der Waals surface area contributed by atoms with Gasteiger partial charge in [-0.3, -0.25) is 0 Å². The van der Waals surface area contributed by atoms with Gasteiger partial charge >= 0.3 is 0 Å². The van der Waals surface area contributed by atoms with E-state index in [1.807, 2.05) is 0 Å². The number of fused-ring (bicyclic) bond motifs is 1. The summed E-state index contributed by atoms with van der Waals surface area (Å²) in [7, 11) is 0. The first-order valence-electron chi connectivity index (χ1n) is 6.48.